The van der Waals surface area contributed by atoms with E-state index in [9.17, 15) is 10.4 Å². The van der Waals surface area contributed by atoms with Crippen molar-refractivity contribution < 1.29 is 9.95 Å². The van der Waals surface area contributed by atoms with Crippen molar-refractivity contribution in [3.8, 4) is 0 Å². The van der Waals surface area contributed by atoms with Crippen LogP contribution in [0.2, 0.25) is 0 Å². The zero-order chi connectivity index (χ0) is 15.4. The number of hydrogen-bond donors (Lipinski definition) is 0. The fourth-order valence-corrected chi connectivity index (χ4v) is 2.38. The first-order chi connectivity index (χ1) is 9.76. The predicted octanol–water partition coefficient (Wildman–Crippen LogP) is 2.10. The van der Waals surface area contributed by atoms with E-state index < -0.39 is 11.1 Å². The van der Waals surface area contributed by atoms with E-state index in [0.29, 0.717) is 11.2 Å². The number of nitrogens with zero attached hydrogens (tertiary/aromatic N) is 4. The molecule has 109 valence electrons. The largest absolute Gasteiger partial charge is 0.714 e. The number of hydroxylamine groups is 3. The minimum Gasteiger partial charge on any atom is -0.714 e. The van der Waals surface area contributed by atoms with Gasteiger partial charge in [0, 0.05) is 5.21 Å². The van der Waals surface area contributed by atoms with Crippen molar-refractivity contribution >= 4 is 16.9 Å². The van der Waals surface area contributed by atoms with E-state index in [4.69, 9.17) is 0 Å². The highest BCUT2D eigenvalue weighted by Gasteiger charge is 2.60. The Balaban J connectivity index is 2.20. The third-order valence-corrected chi connectivity index (χ3v) is 4.58. The maximum atomic E-state index is 12.6. The molecule has 21 heavy (non-hydrogen) atoms. The standard InChI is InChI=1S/C15H17N4O2/c1-14(2)15(3,4)19(21)13(18(14)20)12-9-16-10-7-5-6-8-11(10)17-12/h5-9H,1-4H3. The van der Waals surface area contributed by atoms with Crippen LogP contribution in [-0.2, 0) is 5.21 Å². The van der Waals surface area contributed by atoms with E-state index in [1.165, 1.54) is 6.20 Å². The van der Waals surface area contributed by atoms with Crippen molar-refractivity contribution in [2.75, 3.05) is 0 Å². The van der Waals surface area contributed by atoms with Gasteiger partial charge in [-0.15, -0.1) is 0 Å². The Morgan fingerprint density at radius 2 is 1.76 bits per heavy atom. The molecule has 3 rings (SSSR count). The Morgan fingerprint density at radius 3 is 2.33 bits per heavy atom. The molecule has 0 atom stereocenters. The first-order valence-corrected chi connectivity index (χ1v) is 6.80. The zero-order valence-corrected chi connectivity index (χ0v) is 12.5. The van der Waals surface area contributed by atoms with Crippen molar-refractivity contribution in [3.63, 3.8) is 0 Å². The Kier molecular flexibility index (Phi) is 2.71. The highest BCUT2D eigenvalue weighted by Crippen LogP contribution is 2.37. The van der Waals surface area contributed by atoms with Crippen LogP contribution < -0.4 is 0 Å². The number of amidine groups is 1. The van der Waals surface area contributed by atoms with Crippen LogP contribution in [0.15, 0.2) is 30.5 Å². The van der Waals surface area contributed by atoms with Crippen LogP contribution in [0, 0.1) is 5.21 Å². The molecule has 0 N–H and O–H groups in total. The van der Waals surface area contributed by atoms with Crippen molar-refractivity contribution in [2.24, 2.45) is 0 Å². The van der Waals surface area contributed by atoms with Crippen LogP contribution >= 0.6 is 0 Å². The summed E-state index contributed by atoms with van der Waals surface area (Å²) in [7, 11) is 0. The van der Waals surface area contributed by atoms with Gasteiger partial charge in [0.1, 0.15) is 5.54 Å². The molecule has 6 nitrogen and oxygen atoms in total. The molecule has 0 amide bonds. The van der Waals surface area contributed by atoms with Crippen molar-refractivity contribution in [1.82, 2.24) is 15.0 Å². The Hall–Kier alpha value is -2.21. The molecule has 0 spiro atoms. The van der Waals surface area contributed by atoms with E-state index in [1.807, 2.05) is 24.3 Å². The molecule has 0 unspecified atom stereocenters. The minimum atomic E-state index is -0.850. The molecule has 2 heterocycles. The number of fused-ring (bicyclic) bond motifs is 1. The average molecular weight is 285 g/mol. The van der Waals surface area contributed by atoms with Crippen molar-refractivity contribution in [2.45, 2.75) is 38.8 Å². The predicted molar refractivity (Wildman–Crippen MR) is 78.0 cm³/mol. The number of hydrogen-bond acceptors (Lipinski definition) is 4. The topological polar surface area (TPSA) is 75.0 Å². The zero-order valence-electron chi connectivity index (χ0n) is 12.5. The summed E-state index contributed by atoms with van der Waals surface area (Å²) in [5.41, 5.74) is -0.00752. The van der Waals surface area contributed by atoms with Gasteiger partial charge in [0.15, 0.2) is 11.2 Å². The number of para-hydroxylation sites is 2. The first kappa shape index (κ1) is 13.8. The highest BCUT2D eigenvalue weighted by atomic mass is 16.5. The van der Waals surface area contributed by atoms with E-state index >= 15 is 0 Å². The molecule has 0 saturated heterocycles. The molecule has 2 aromatic rings. The SMILES string of the molecule is CC1(C)N([O])C(c2cnc3ccccc3n2)=[N+]([O-])C1(C)C. The third kappa shape index (κ3) is 1.72. The van der Waals surface area contributed by atoms with Crippen molar-refractivity contribution in [3.05, 3.63) is 41.4 Å². The van der Waals surface area contributed by atoms with E-state index in [2.05, 4.69) is 9.97 Å². The van der Waals surface area contributed by atoms with Gasteiger partial charge in [0.05, 0.1) is 17.2 Å². The van der Waals surface area contributed by atoms with Gasteiger partial charge in [0.2, 0.25) is 0 Å². The second kappa shape index (κ2) is 4.14. The first-order valence-electron chi connectivity index (χ1n) is 6.80. The van der Waals surface area contributed by atoms with Gasteiger partial charge in [-0.3, -0.25) is 9.72 Å². The maximum absolute atomic E-state index is 12.6. The van der Waals surface area contributed by atoms with Gasteiger partial charge in [0.25, 0.3) is 0 Å². The Bertz CT molecular complexity index is 752. The third-order valence-electron chi connectivity index (χ3n) is 4.58. The van der Waals surface area contributed by atoms with Gasteiger partial charge >= 0.3 is 5.84 Å². The molecular formula is C15H17N4O2. The van der Waals surface area contributed by atoms with Crippen LogP contribution in [0.4, 0.5) is 0 Å². The molecule has 1 radical (unpaired) electrons. The van der Waals surface area contributed by atoms with Gasteiger partial charge in [-0.05, 0) is 39.8 Å². The molecule has 1 aliphatic rings. The molecule has 6 heteroatoms. The maximum Gasteiger partial charge on any atom is 0.337 e. The van der Waals surface area contributed by atoms with Crippen LogP contribution in [-0.4, -0.2) is 36.7 Å². The molecule has 0 aliphatic carbocycles. The van der Waals surface area contributed by atoms with Gasteiger partial charge in [-0.25, -0.2) is 4.98 Å². The minimum absolute atomic E-state index is 0.0169. The van der Waals surface area contributed by atoms with Crippen LogP contribution in [0.3, 0.4) is 0 Å². The quantitative estimate of drug-likeness (QED) is 0.594. The summed E-state index contributed by atoms with van der Waals surface area (Å²) in [4.78, 5) is 8.68. The second-order valence-corrected chi connectivity index (χ2v) is 6.27. The summed E-state index contributed by atoms with van der Waals surface area (Å²) in [5.74, 6) is 0.0169. The van der Waals surface area contributed by atoms with Gasteiger partial charge < -0.3 is 5.21 Å². The van der Waals surface area contributed by atoms with E-state index in [1.54, 1.807) is 27.7 Å². The smallest absolute Gasteiger partial charge is 0.337 e. The summed E-state index contributed by atoms with van der Waals surface area (Å²) in [6.07, 6.45) is 1.48. The summed E-state index contributed by atoms with van der Waals surface area (Å²) in [6, 6.07) is 7.36. The fraction of sp³-hybridized carbons (Fsp3) is 0.400. The lowest BCUT2D eigenvalue weighted by Crippen LogP contribution is -2.53. The lowest BCUT2D eigenvalue weighted by Gasteiger charge is -2.32. The fourth-order valence-electron chi connectivity index (χ4n) is 2.38. The molecule has 1 aliphatic heterocycles. The lowest BCUT2D eigenvalue weighted by molar-refractivity contribution is -0.539. The Morgan fingerprint density at radius 1 is 1.14 bits per heavy atom. The summed E-state index contributed by atoms with van der Waals surface area (Å²) < 4.78 is 0.749. The monoisotopic (exact) mass is 285 g/mol. The van der Waals surface area contributed by atoms with Crippen LogP contribution in [0.25, 0.3) is 11.0 Å². The van der Waals surface area contributed by atoms with E-state index in [-0.39, 0.29) is 5.84 Å². The van der Waals surface area contributed by atoms with Gasteiger partial charge in [-0.1, -0.05) is 17.2 Å². The second-order valence-electron chi connectivity index (χ2n) is 6.27. The lowest BCUT2D eigenvalue weighted by atomic mass is 9.84. The van der Waals surface area contributed by atoms with Gasteiger partial charge in [-0.2, -0.15) is 0 Å². The highest BCUT2D eigenvalue weighted by molar-refractivity contribution is 5.95. The molecule has 1 aromatic heterocycles. The summed E-state index contributed by atoms with van der Waals surface area (Å²) >= 11 is 0. The van der Waals surface area contributed by atoms with Crippen LogP contribution in [0.5, 0.6) is 0 Å². The van der Waals surface area contributed by atoms with Crippen molar-refractivity contribution in [1.29, 1.82) is 0 Å². The molecule has 0 saturated carbocycles. The summed E-state index contributed by atoms with van der Waals surface area (Å²) in [6.45, 7) is 7.03. The molecule has 1 aromatic carbocycles. The molecular weight excluding hydrogens is 268 g/mol. The Labute approximate surface area is 122 Å². The van der Waals surface area contributed by atoms with E-state index in [0.717, 1.165) is 15.3 Å². The normalized spacial score (nSPS) is 20.3. The number of benzene rings is 1. The number of aromatic nitrogens is 2. The molecule has 0 fully saturated rings. The molecule has 0 bridgehead atoms. The average Bonchev–Trinajstić information content (AvgIpc) is 2.57. The van der Waals surface area contributed by atoms with Crippen LogP contribution in [0.1, 0.15) is 33.4 Å². The summed E-state index contributed by atoms with van der Waals surface area (Å²) in [5, 5.41) is 25.9. The number of rotatable bonds is 1.